The molecule has 2 radical (unpaired) electrons. The molecule has 0 amide bonds. The summed E-state index contributed by atoms with van der Waals surface area (Å²) in [5.41, 5.74) is 0.632. The molecular formula is C9H12O3Sn. The van der Waals surface area contributed by atoms with E-state index in [4.69, 9.17) is 10.2 Å². The molecule has 0 aliphatic heterocycles. The number of carbonyl (C=O) groups is 1. The molecule has 0 fully saturated rings. The fourth-order valence-corrected chi connectivity index (χ4v) is 1.01. The van der Waals surface area contributed by atoms with Crippen LogP contribution in [0.15, 0.2) is 30.3 Å². The number of carboxylic acids is 1. The number of hydrogen-bond donors (Lipinski definition) is 2. The maximum absolute atomic E-state index is 10.6. The second kappa shape index (κ2) is 5.99. The van der Waals surface area contributed by atoms with E-state index < -0.39 is 11.9 Å². The van der Waals surface area contributed by atoms with Crippen molar-refractivity contribution in [1.29, 1.82) is 0 Å². The van der Waals surface area contributed by atoms with Crippen molar-refractivity contribution in [2.24, 2.45) is 0 Å². The number of aliphatic hydroxyl groups is 1. The summed E-state index contributed by atoms with van der Waals surface area (Å²) in [6, 6.07) is 8.69. The molecule has 3 nitrogen and oxygen atoms in total. The number of benzene rings is 1. The van der Waals surface area contributed by atoms with Crippen molar-refractivity contribution < 1.29 is 15.0 Å². The molecule has 4 heteroatoms. The Morgan fingerprint density at radius 1 is 1.31 bits per heavy atom. The Bertz CT molecular complexity index is 261. The van der Waals surface area contributed by atoms with Gasteiger partial charge in [0.1, 0.15) is 5.92 Å². The van der Waals surface area contributed by atoms with Crippen LogP contribution in [0.1, 0.15) is 11.5 Å². The molecule has 0 aromatic heterocycles. The van der Waals surface area contributed by atoms with E-state index in [1.807, 2.05) is 0 Å². The van der Waals surface area contributed by atoms with Crippen molar-refractivity contribution in [3.8, 4) is 0 Å². The zero-order chi connectivity index (χ0) is 8.97. The second-order valence-corrected chi connectivity index (χ2v) is 2.48. The van der Waals surface area contributed by atoms with Gasteiger partial charge in [-0.3, -0.25) is 4.79 Å². The van der Waals surface area contributed by atoms with E-state index in [9.17, 15) is 4.79 Å². The summed E-state index contributed by atoms with van der Waals surface area (Å²) in [6.45, 7) is -0.362. The van der Waals surface area contributed by atoms with Gasteiger partial charge in [-0.1, -0.05) is 30.3 Å². The summed E-state index contributed by atoms with van der Waals surface area (Å²) in [5, 5.41) is 17.4. The second-order valence-electron chi connectivity index (χ2n) is 2.48. The number of aliphatic hydroxyl groups excluding tert-OH is 1. The molecule has 1 aromatic rings. The van der Waals surface area contributed by atoms with Crippen LogP contribution < -0.4 is 0 Å². The van der Waals surface area contributed by atoms with E-state index in [1.165, 1.54) is 0 Å². The van der Waals surface area contributed by atoms with E-state index in [0.717, 1.165) is 0 Å². The Labute approximate surface area is 93.4 Å². The number of aliphatic carboxylic acids is 1. The third kappa shape index (κ3) is 3.36. The van der Waals surface area contributed by atoms with Crippen LogP contribution in [-0.2, 0) is 4.79 Å². The van der Waals surface area contributed by atoms with Crippen molar-refractivity contribution in [1.82, 2.24) is 0 Å². The molecule has 13 heavy (non-hydrogen) atoms. The summed E-state index contributed by atoms with van der Waals surface area (Å²) < 4.78 is 0. The minimum absolute atomic E-state index is 0. The van der Waals surface area contributed by atoms with Gasteiger partial charge in [-0.2, -0.15) is 0 Å². The average molecular weight is 287 g/mol. The van der Waals surface area contributed by atoms with Crippen LogP contribution in [0, 0.1) is 0 Å². The van der Waals surface area contributed by atoms with Gasteiger partial charge in [0.25, 0.3) is 0 Å². The predicted octanol–water partition coefficient (Wildman–Crippen LogP) is -0.0691. The van der Waals surface area contributed by atoms with E-state index in [-0.39, 0.29) is 30.5 Å². The van der Waals surface area contributed by atoms with Crippen LogP contribution in [0.2, 0.25) is 0 Å². The first kappa shape index (κ1) is 12.4. The normalized spacial score (nSPS) is 11.5. The van der Waals surface area contributed by atoms with Gasteiger partial charge in [0.2, 0.25) is 0 Å². The fraction of sp³-hybridized carbons (Fsp3) is 0.222. The first-order valence-corrected chi connectivity index (χ1v) is 3.64. The van der Waals surface area contributed by atoms with E-state index >= 15 is 0 Å². The van der Waals surface area contributed by atoms with Gasteiger partial charge in [0, 0.05) is 0 Å². The Kier molecular flexibility index (Phi) is 5.73. The van der Waals surface area contributed by atoms with Crippen molar-refractivity contribution in [3.05, 3.63) is 35.9 Å². The van der Waals surface area contributed by atoms with Crippen LogP contribution >= 0.6 is 0 Å². The Morgan fingerprint density at radius 3 is 2.23 bits per heavy atom. The summed E-state index contributed by atoms with van der Waals surface area (Å²) in [4.78, 5) is 10.6. The van der Waals surface area contributed by atoms with Gasteiger partial charge >= 0.3 is 29.9 Å². The average Bonchev–Trinajstić information content (AvgIpc) is 2.07. The molecule has 1 rings (SSSR count). The zero-order valence-electron chi connectivity index (χ0n) is 7.18. The summed E-state index contributed by atoms with van der Waals surface area (Å²) in [7, 11) is 0. The monoisotopic (exact) mass is 288 g/mol. The van der Waals surface area contributed by atoms with E-state index in [0.29, 0.717) is 5.56 Å². The number of carboxylic acid groups (broad SMARTS) is 1. The quantitative estimate of drug-likeness (QED) is 0.765. The third-order valence-corrected chi connectivity index (χ3v) is 1.68. The number of rotatable bonds is 3. The van der Waals surface area contributed by atoms with Gasteiger partial charge in [-0.25, -0.2) is 0 Å². The molecule has 1 atom stereocenters. The predicted molar refractivity (Wildman–Crippen MR) is 52.4 cm³/mol. The molecule has 0 spiro atoms. The van der Waals surface area contributed by atoms with Crippen LogP contribution in [0.25, 0.3) is 0 Å². The molecule has 70 valence electrons. The van der Waals surface area contributed by atoms with Crippen LogP contribution in [0.4, 0.5) is 0 Å². The van der Waals surface area contributed by atoms with E-state index in [2.05, 4.69) is 0 Å². The van der Waals surface area contributed by atoms with Crippen LogP contribution in [-0.4, -0.2) is 46.7 Å². The van der Waals surface area contributed by atoms with Crippen molar-refractivity contribution in [2.45, 2.75) is 5.92 Å². The Hall–Kier alpha value is -0.551. The molecule has 0 heterocycles. The topological polar surface area (TPSA) is 57.5 Å². The van der Waals surface area contributed by atoms with Gasteiger partial charge < -0.3 is 10.2 Å². The van der Waals surface area contributed by atoms with Gasteiger partial charge in [-0.05, 0) is 5.56 Å². The Balaban J connectivity index is 0.00000144. The molecule has 2 N–H and O–H groups in total. The molecule has 0 aliphatic carbocycles. The van der Waals surface area contributed by atoms with Crippen LogP contribution in [0.3, 0.4) is 0 Å². The van der Waals surface area contributed by atoms with Gasteiger partial charge in [0.15, 0.2) is 0 Å². The van der Waals surface area contributed by atoms with Crippen molar-refractivity contribution in [3.63, 3.8) is 0 Å². The summed E-state index contributed by atoms with van der Waals surface area (Å²) in [5.74, 6) is -1.80. The zero-order valence-corrected chi connectivity index (χ0v) is 11.2. The fourth-order valence-electron chi connectivity index (χ4n) is 1.01. The third-order valence-electron chi connectivity index (χ3n) is 1.68. The molecule has 1 aromatic carbocycles. The van der Waals surface area contributed by atoms with Gasteiger partial charge in [0.05, 0.1) is 6.61 Å². The van der Waals surface area contributed by atoms with Crippen LogP contribution in [0.5, 0.6) is 0 Å². The number of hydrogen-bond acceptors (Lipinski definition) is 2. The maximum atomic E-state index is 10.6. The van der Waals surface area contributed by atoms with Crippen molar-refractivity contribution >= 4 is 29.9 Å². The standard InChI is InChI=1S/C9H10O3.Sn.2H/c10-6-8(9(11)12)7-4-2-1-3-5-7;;;/h1-5,8,10H,6H2,(H,11,12);;;. The minimum atomic E-state index is -0.997. The van der Waals surface area contributed by atoms with Crippen molar-refractivity contribution in [2.75, 3.05) is 6.61 Å². The molecule has 0 saturated carbocycles. The first-order valence-electron chi connectivity index (χ1n) is 3.64. The first-order chi connectivity index (χ1) is 5.75. The molecule has 0 aliphatic rings. The SMILES string of the molecule is O=C(O)C(CO)c1ccccc1.[SnH2]. The molecule has 0 bridgehead atoms. The molecule has 0 saturated heterocycles. The van der Waals surface area contributed by atoms with E-state index in [1.54, 1.807) is 30.3 Å². The molecule has 1 unspecified atom stereocenters. The summed E-state index contributed by atoms with van der Waals surface area (Å²) >= 11 is 0. The van der Waals surface area contributed by atoms with Gasteiger partial charge in [-0.15, -0.1) is 0 Å². The summed E-state index contributed by atoms with van der Waals surface area (Å²) in [6.07, 6.45) is 0. The Morgan fingerprint density at radius 2 is 1.85 bits per heavy atom. The molecular weight excluding hydrogens is 275 g/mol.